The molecule has 2 unspecified atom stereocenters. The fourth-order valence-corrected chi connectivity index (χ4v) is 4.13. The Balaban J connectivity index is 1.75. The van der Waals surface area contributed by atoms with Crippen molar-refractivity contribution in [3.63, 3.8) is 0 Å². The van der Waals surface area contributed by atoms with E-state index in [1.165, 1.54) is 35.3 Å². The summed E-state index contributed by atoms with van der Waals surface area (Å²) in [7, 11) is 0. The molecule has 0 saturated heterocycles. The zero-order valence-corrected chi connectivity index (χ0v) is 13.4. The third-order valence-corrected chi connectivity index (χ3v) is 5.27. The van der Waals surface area contributed by atoms with Gasteiger partial charge in [-0.1, -0.05) is 19.1 Å². The quantitative estimate of drug-likeness (QED) is 0.872. The van der Waals surface area contributed by atoms with Crippen LogP contribution in [0.25, 0.3) is 0 Å². The van der Waals surface area contributed by atoms with E-state index in [1.807, 2.05) is 23.5 Å². The summed E-state index contributed by atoms with van der Waals surface area (Å²) in [5.41, 5.74) is 9.25. The minimum atomic E-state index is 0.0823. The molecular weight excluding hydrogens is 278 g/mol. The van der Waals surface area contributed by atoms with Gasteiger partial charge in [0.05, 0.1) is 6.61 Å². The van der Waals surface area contributed by atoms with Crippen LogP contribution in [0.4, 0.5) is 0 Å². The molecule has 2 N–H and O–H groups in total. The molecule has 0 saturated carbocycles. The number of hydrogen-bond donors (Lipinski definition) is 1. The first-order chi connectivity index (χ1) is 10.3. The lowest BCUT2D eigenvalue weighted by Gasteiger charge is -2.28. The second-order valence-electron chi connectivity index (χ2n) is 5.74. The first kappa shape index (κ1) is 14.6. The Morgan fingerprint density at radius 1 is 1.29 bits per heavy atom. The SMILES string of the molecule is CCCOc1ccc(C(N)C2CCCc3sccc32)cc1. The van der Waals surface area contributed by atoms with Gasteiger partial charge in [0.1, 0.15) is 5.75 Å². The Morgan fingerprint density at radius 3 is 2.86 bits per heavy atom. The molecule has 0 amide bonds. The number of fused-ring (bicyclic) bond motifs is 1. The van der Waals surface area contributed by atoms with E-state index >= 15 is 0 Å². The molecule has 2 nitrogen and oxygen atoms in total. The van der Waals surface area contributed by atoms with Gasteiger partial charge < -0.3 is 10.5 Å². The number of thiophene rings is 1. The molecule has 112 valence electrons. The van der Waals surface area contributed by atoms with Crippen molar-refractivity contribution in [1.82, 2.24) is 0 Å². The van der Waals surface area contributed by atoms with E-state index in [0.717, 1.165) is 18.8 Å². The van der Waals surface area contributed by atoms with Gasteiger partial charge in [0.25, 0.3) is 0 Å². The lowest BCUT2D eigenvalue weighted by molar-refractivity contribution is 0.317. The molecule has 1 aliphatic carbocycles. The van der Waals surface area contributed by atoms with E-state index in [-0.39, 0.29) is 6.04 Å². The highest BCUT2D eigenvalue weighted by atomic mass is 32.1. The molecule has 2 aromatic rings. The van der Waals surface area contributed by atoms with Crippen LogP contribution in [-0.4, -0.2) is 6.61 Å². The maximum atomic E-state index is 6.56. The average Bonchev–Trinajstić information content (AvgIpc) is 3.01. The average molecular weight is 301 g/mol. The Kier molecular flexibility index (Phi) is 4.61. The minimum Gasteiger partial charge on any atom is -0.494 e. The monoisotopic (exact) mass is 301 g/mol. The zero-order chi connectivity index (χ0) is 14.7. The Morgan fingerprint density at radius 2 is 2.10 bits per heavy atom. The summed E-state index contributed by atoms with van der Waals surface area (Å²) < 4.78 is 5.64. The summed E-state index contributed by atoms with van der Waals surface area (Å²) in [5, 5.41) is 2.21. The van der Waals surface area contributed by atoms with Crippen molar-refractivity contribution in [2.75, 3.05) is 6.61 Å². The molecule has 2 atom stereocenters. The normalized spacial score (nSPS) is 19.0. The highest BCUT2D eigenvalue weighted by Crippen LogP contribution is 2.41. The second kappa shape index (κ2) is 6.63. The second-order valence-corrected chi connectivity index (χ2v) is 6.74. The molecular formula is C18H23NOS. The predicted octanol–water partition coefficient (Wildman–Crippen LogP) is 4.66. The van der Waals surface area contributed by atoms with Gasteiger partial charge in [-0.15, -0.1) is 11.3 Å². The summed E-state index contributed by atoms with van der Waals surface area (Å²) in [4.78, 5) is 1.53. The summed E-state index contributed by atoms with van der Waals surface area (Å²) in [6.07, 6.45) is 4.70. The lowest BCUT2D eigenvalue weighted by Crippen LogP contribution is -2.22. The van der Waals surface area contributed by atoms with Crippen molar-refractivity contribution < 1.29 is 4.74 Å². The molecule has 1 aliphatic rings. The number of hydrogen-bond acceptors (Lipinski definition) is 3. The molecule has 0 spiro atoms. The summed E-state index contributed by atoms with van der Waals surface area (Å²) in [6.45, 7) is 2.89. The first-order valence-corrected chi connectivity index (χ1v) is 8.72. The van der Waals surface area contributed by atoms with Crippen LogP contribution < -0.4 is 10.5 Å². The first-order valence-electron chi connectivity index (χ1n) is 7.84. The van der Waals surface area contributed by atoms with E-state index in [1.54, 1.807) is 0 Å². The van der Waals surface area contributed by atoms with Crippen LogP contribution in [0.5, 0.6) is 5.75 Å². The van der Waals surface area contributed by atoms with Crippen molar-refractivity contribution in [2.24, 2.45) is 5.73 Å². The Hall–Kier alpha value is -1.32. The van der Waals surface area contributed by atoms with E-state index in [9.17, 15) is 0 Å². The van der Waals surface area contributed by atoms with Gasteiger partial charge in [0.15, 0.2) is 0 Å². The fourth-order valence-electron chi connectivity index (χ4n) is 3.13. The van der Waals surface area contributed by atoms with Crippen molar-refractivity contribution in [1.29, 1.82) is 0 Å². The van der Waals surface area contributed by atoms with E-state index in [2.05, 4.69) is 30.5 Å². The van der Waals surface area contributed by atoms with Crippen LogP contribution >= 0.6 is 11.3 Å². The van der Waals surface area contributed by atoms with Crippen molar-refractivity contribution >= 4 is 11.3 Å². The molecule has 0 aliphatic heterocycles. The molecule has 3 rings (SSSR count). The molecule has 3 heteroatoms. The van der Waals surface area contributed by atoms with Crippen LogP contribution in [0.3, 0.4) is 0 Å². The van der Waals surface area contributed by atoms with Gasteiger partial charge in [-0.25, -0.2) is 0 Å². The number of aryl methyl sites for hydroxylation is 1. The van der Waals surface area contributed by atoms with Crippen LogP contribution in [0, 0.1) is 0 Å². The van der Waals surface area contributed by atoms with Crippen molar-refractivity contribution in [3.05, 3.63) is 51.7 Å². The highest BCUT2D eigenvalue weighted by Gasteiger charge is 2.27. The highest BCUT2D eigenvalue weighted by molar-refractivity contribution is 7.10. The van der Waals surface area contributed by atoms with Crippen LogP contribution in [0.15, 0.2) is 35.7 Å². The van der Waals surface area contributed by atoms with Crippen molar-refractivity contribution in [2.45, 2.75) is 44.6 Å². The smallest absolute Gasteiger partial charge is 0.119 e. The lowest BCUT2D eigenvalue weighted by atomic mass is 9.80. The van der Waals surface area contributed by atoms with Crippen LogP contribution in [0.1, 0.15) is 54.1 Å². The minimum absolute atomic E-state index is 0.0823. The molecule has 0 bridgehead atoms. The number of ether oxygens (including phenoxy) is 1. The van der Waals surface area contributed by atoms with Gasteiger partial charge in [-0.05, 0) is 60.4 Å². The Bertz CT molecular complexity index is 575. The van der Waals surface area contributed by atoms with E-state index < -0.39 is 0 Å². The molecule has 1 aromatic heterocycles. The molecule has 0 radical (unpaired) electrons. The molecule has 21 heavy (non-hydrogen) atoms. The standard InChI is InChI=1S/C18H23NOS/c1-2-11-20-14-8-6-13(7-9-14)18(19)16-4-3-5-17-15(16)10-12-21-17/h6-10,12,16,18H,2-5,11,19H2,1H3. The predicted molar refractivity (Wildman–Crippen MR) is 89.2 cm³/mol. The van der Waals surface area contributed by atoms with E-state index in [0.29, 0.717) is 5.92 Å². The van der Waals surface area contributed by atoms with Gasteiger partial charge in [0, 0.05) is 16.8 Å². The number of nitrogens with two attached hydrogens (primary N) is 1. The fraction of sp³-hybridized carbons (Fsp3) is 0.444. The van der Waals surface area contributed by atoms with Crippen molar-refractivity contribution in [3.8, 4) is 5.75 Å². The summed E-state index contributed by atoms with van der Waals surface area (Å²) in [5.74, 6) is 1.40. The third kappa shape index (κ3) is 3.14. The largest absolute Gasteiger partial charge is 0.494 e. The van der Waals surface area contributed by atoms with Gasteiger partial charge >= 0.3 is 0 Å². The van der Waals surface area contributed by atoms with Gasteiger partial charge in [-0.2, -0.15) is 0 Å². The number of benzene rings is 1. The van der Waals surface area contributed by atoms with E-state index in [4.69, 9.17) is 10.5 Å². The van der Waals surface area contributed by atoms with Crippen LogP contribution in [0.2, 0.25) is 0 Å². The molecule has 1 heterocycles. The molecule has 0 fully saturated rings. The third-order valence-electron chi connectivity index (χ3n) is 4.27. The number of rotatable bonds is 5. The van der Waals surface area contributed by atoms with Gasteiger partial charge in [0.2, 0.25) is 0 Å². The van der Waals surface area contributed by atoms with Gasteiger partial charge in [-0.3, -0.25) is 0 Å². The summed E-state index contributed by atoms with van der Waals surface area (Å²) in [6, 6.07) is 10.7. The van der Waals surface area contributed by atoms with Crippen LogP contribution in [-0.2, 0) is 6.42 Å². The molecule has 1 aromatic carbocycles. The Labute approximate surface area is 130 Å². The maximum Gasteiger partial charge on any atom is 0.119 e. The summed E-state index contributed by atoms with van der Waals surface area (Å²) >= 11 is 1.88. The topological polar surface area (TPSA) is 35.2 Å². The maximum absolute atomic E-state index is 6.56. The zero-order valence-electron chi connectivity index (χ0n) is 12.5.